The molecule has 0 spiro atoms. The van der Waals surface area contributed by atoms with Crippen molar-refractivity contribution in [2.45, 2.75) is 44.6 Å². The molecule has 0 amide bonds. The van der Waals surface area contributed by atoms with Crippen molar-refractivity contribution in [2.24, 2.45) is 0 Å². The van der Waals surface area contributed by atoms with Crippen LogP contribution in [0, 0.1) is 0 Å². The van der Waals surface area contributed by atoms with Gasteiger partial charge in [-0.2, -0.15) is 0 Å². The minimum absolute atomic E-state index is 0.239. The molecule has 0 heterocycles. The van der Waals surface area contributed by atoms with Gasteiger partial charge in [0, 0.05) is 11.9 Å². The van der Waals surface area contributed by atoms with E-state index in [1.54, 1.807) is 0 Å². The van der Waals surface area contributed by atoms with Crippen LogP contribution in [-0.2, 0) is 10.0 Å². The fourth-order valence-corrected chi connectivity index (χ4v) is 2.89. The lowest BCUT2D eigenvalue weighted by atomic mass is 10.2. The van der Waals surface area contributed by atoms with Crippen LogP contribution in [0.15, 0.2) is 0 Å². The van der Waals surface area contributed by atoms with Gasteiger partial charge in [-0.3, -0.25) is 0 Å². The van der Waals surface area contributed by atoms with Crippen LogP contribution in [-0.4, -0.2) is 26.1 Å². The van der Waals surface area contributed by atoms with Crippen molar-refractivity contribution in [1.29, 1.82) is 0 Å². The molecule has 0 aromatic heterocycles. The standard InChI is InChI=1S/C9H18ClNO2S/c10-7-3-1-2-4-8-14(12,13)11-9-5-6-9/h9,11H,1-8H2. The number of unbranched alkanes of at least 4 members (excludes halogenated alkanes) is 3. The van der Waals surface area contributed by atoms with Gasteiger partial charge in [-0.25, -0.2) is 13.1 Å². The molecular formula is C9H18ClNO2S. The third-order valence-corrected chi connectivity index (χ3v) is 4.01. The Morgan fingerprint density at radius 2 is 1.79 bits per heavy atom. The van der Waals surface area contributed by atoms with E-state index in [1.165, 1.54) is 0 Å². The maximum absolute atomic E-state index is 11.4. The van der Waals surface area contributed by atoms with E-state index in [9.17, 15) is 8.42 Å². The molecule has 1 aliphatic rings. The number of sulfonamides is 1. The number of nitrogens with one attached hydrogen (secondary N) is 1. The third-order valence-electron chi connectivity index (χ3n) is 2.22. The lowest BCUT2D eigenvalue weighted by molar-refractivity contribution is 0.574. The Bertz CT molecular complexity index is 250. The normalized spacial score (nSPS) is 17.2. The maximum atomic E-state index is 11.4. The van der Waals surface area contributed by atoms with Crippen LogP contribution < -0.4 is 4.72 Å². The number of hydrogen-bond acceptors (Lipinski definition) is 2. The van der Waals surface area contributed by atoms with Crippen LogP contribution in [0.4, 0.5) is 0 Å². The number of rotatable bonds is 8. The first-order valence-electron chi connectivity index (χ1n) is 5.20. The molecule has 0 aromatic rings. The van der Waals surface area contributed by atoms with Gasteiger partial charge >= 0.3 is 0 Å². The fourth-order valence-electron chi connectivity index (χ4n) is 1.25. The minimum atomic E-state index is -2.99. The number of halogens is 1. The van der Waals surface area contributed by atoms with Gasteiger partial charge < -0.3 is 0 Å². The van der Waals surface area contributed by atoms with Gasteiger partial charge in [-0.05, 0) is 25.7 Å². The van der Waals surface area contributed by atoms with Crippen molar-refractivity contribution >= 4 is 21.6 Å². The summed E-state index contributed by atoms with van der Waals surface area (Å²) >= 11 is 5.52. The quantitative estimate of drug-likeness (QED) is 0.519. The Kier molecular flexibility index (Phi) is 5.20. The van der Waals surface area contributed by atoms with Gasteiger partial charge in [0.05, 0.1) is 5.75 Å². The molecule has 0 aromatic carbocycles. The molecule has 1 aliphatic carbocycles. The van der Waals surface area contributed by atoms with Crippen molar-refractivity contribution in [3.05, 3.63) is 0 Å². The van der Waals surface area contributed by atoms with Crippen molar-refractivity contribution in [3.8, 4) is 0 Å². The van der Waals surface area contributed by atoms with Crippen molar-refractivity contribution < 1.29 is 8.42 Å². The molecule has 14 heavy (non-hydrogen) atoms. The highest BCUT2D eigenvalue weighted by Gasteiger charge is 2.26. The van der Waals surface area contributed by atoms with Gasteiger partial charge in [-0.1, -0.05) is 12.8 Å². The molecule has 0 radical (unpaired) electrons. The van der Waals surface area contributed by atoms with E-state index in [-0.39, 0.29) is 11.8 Å². The number of alkyl halides is 1. The summed E-state index contributed by atoms with van der Waals surface area (Å²) < 4.78 is 25.4. The molecule has 0 unspecified atom stereocenters. The topological polar surface area (TPSA) is 46.2 Å². The summed E-state index contributed by atoms with van der Waals surface area (Å²) in [5.41, 5.74) is 0. The lowest BCUT2D eigenvalue weighted by Crippen LogP contribution is -2.28. The predicted octanol–water partition coefficient (Wildman–Crippen LogP) is 1.87. The first kappa shape index (κ1) is 12.3. The van der Waals surface area contributed by atoms with Gasteiger partial charge in [0.1, 0.15) is 0 Å². The smallest absolute Gasteiger partial charge is 0.211 e. The maximum Gasteiger partial charge on any atom is 0.211 e. The summed E-state index contributed by atoms with van der Waals surface area (Å²) in [4.78, 5) is 0. The van der Waals surface area contributed by atoms with Crippen LogP contribution in [0.3, 0.4) is 0 Å². The van der Waals surface area contributed by atoms with E-state index in [2.05, 4.69) is 4.72 Å². The molecule has 0 bridgehead atoms. The molecule has 84 valence electrons. The Balaban J connectivity index is 2.03. The highest BCUT2D eigenvalue weighted by Crippen LogP contribution is 2.20. The molecule has 0 atom stereocenters. The second-order valence-electron chi connectivity index (χ2n) is 3.81. The molecule has 5 heteroatoms. The van der Waals surface area contributed by atoms with Crippen LogP contribution in [0.25, 0.3) is 0 Å². The molecule has 0 saturated heterocycles. The van der Waals surface area contributed by atoms with E-state index in [1.807, 2.05) is 0 Å². The zero-order chi connectivity index (χ0) is 10.4. The van der Waals surface area contributed by atoms with E-state index in [0.717, 1.165) is 38.5 Å². The summed E-state index contributed by atoms with van der Waals surface area (Å²) in [7, 11) is -2.99. The molecule has 1 rings (SSSR count). The van der Waals surface area contributed by atoms with Gasteiger partial charge in [0.2, 0.25) is 10.0 Å². The largest absolute Gasteiger partial charge is 0.212 e. The first-order chi connectivity index (χ1) is 6.64. The zero-order valence-electron chi connectivity index (χ0n) is 8.34. The molecule has 1 fully saturated rings. The average Bonchev–Trinajstić information content (AvgIpc) is 2.87. The average molecular weight is 240 g/mol. The fraction of sp³-hybridized carbons (Fsp3) is 1.00. The van der Waals surface area contributed by atoms with Gasteiger partial charge in [-0.15, -0.1) is 11.6 Å². The Labute approximate surface area is 91.3 Å². The first-order valence-corrected chi connectivity index (χ1v) is 7.39. The summed E-state index contributed by atoms with van der Waals surface area (Å²) in [5, 5.41) is 0. The highest BCUT2D eigenvalue weighted by molar-refractivity contribution is 7.89. The molecular weight excluding hydrogens is 222 g/mol. The van der Waals surface area contributed by atoms with Crippen molar-refractivity contribution in [2.75, 3.05) is 11.6 Å². The van der Waals surface area contributed by atoms with E-state index in [4.69, 9.17) is 11.6 Å². The summed E-state index contributed by atoms with van der Waals surface area (Å²) in [5.74, 6) is 0.943. The predicted molar refractivity (Wildman–Crippen MR) is 59.1 cm³/mol. The highest BCUT2D eigenvalue weighted by atomic mass is 35.5. The SMILES string of the molecule is O=S(=O)(CCCCCCCl)NC1CC1. The second-order valence-corrected chi connectivity index (χ2v) is 6.07. The summed E-state index contributed by atoms with van der Waals surface area (Å²) in [6.45, 7) is 0. The molecule has 1 N–H and O–H groups in total. The van der Waals surface area contributed by atoms with E-state index < -0.39 is 10.0 Å². The van der Waals surface area contributed by atoms with E-state index >= 15 is 0 Å². The Morgan fingerprint density at radius 3 is 2.36 bits per heavy atom. The summed E-state index contributed by atoms with van der Waals surface area (Å²) in [6.07, 6.45) is 5.73. The molecule has 3 nitrogen and oxygen atoms in total. The minimum Gasteiger partial charge on any atom is -0.212 e. The third kappa shape index (κ3) is 5.83. The number of hydrogen-bond donors (Lipinski definition) is 1. The Hall–Kier alpha value is 0.200. The monoisotopic (exact) mass is 239 g/mol. The zero-order valence-corrected chi connectivity index (χ0v) is 9.91. The molecule has 0 aliphatic heterocycles. The van der Waals surface area contributed by atoms with Crippen molar-refractivity contribution in [1.82, 2.24) is 4.72 Å². The second kappa shape index (κ2) is 5.93. The molecule has 1 saturated carbocycles. The van der Waals surface area contributed by atoms with Crippen molar-refractivity contribution in [3.63, 3.8) is 0 Å². The van der Waals surface area contributed by atoms with Gasteiger partial charge in [0.15, 0.2) is 0 Å². The van der Waals surface area contributed by atoms with Gasteiger partial charge in [0.25, 0.3) is 0 Å². The van der Waals surface area contributed by atoms with Crippen LogP contribution >= 0.6 is 11.6 Å². The van der Waals surface area contributed by atoms with Crippen LogP contribution in [0.1, 0.15) is 38.5 Å². The van der Waals surface area contributed by atoms with Crippen LogP contribution in [0.2, 0.25) is 0 Å². The van der Waals surface area contributed by atoms with E-state index in [0.29, 0.717) is 5.88 Å². The summed E-state index contributed by atoms with van der Waals surface area (Å²) in [6, 6.07) is 0.239. The lowest BCUT2D eigenvalue weighted by Gasteiger charge is -2.04. The van der Waals surface area contributed by atoms with Crippen LogP contribution in [0.5, 0.6) is 0 Å². The Morgan fingerprint density at radius 1 is 1.14 bits per heavy atom.